The normalized spacial score (nSPS) is 13.8. The molecule has 3 aromatic rings. The molecule has 0 radical (unpaired) electrons. The van der Waals surface area contributed by atoms with Crippen LogP contribution >= 0.6 is 0 Å². The largest absolute Gasteiger partial charge is 0.497 e. The highest BCUT2D eigenvalue weighted by molar-refractivity contribution is 6.06. The first kappa shape index (κ1) is 20.7. The first-order valence-corrected chi connectivity index (χ1v) is 9.90. The van der Waals surface area contributed by atoms with Crippen molar-refractivity contribution in [1.29, 1.82) is 0 Å². The van der Waals surface area contributed by atoms with E-state index in [9.17, 15) is 9.90 Å². The molecule has 2 aromatic carbocycles. The highest BCUT2D eigenvalue weighted by Crippen LogP contribution is 2.31. The van der Waals surface area contributed by atoms with E-state index in [1.165, 1.54) is 6.33 Å². The van der Waals surface area contributed by atoms with Crippen LogP contribution in [0.25, 0.3) is 10.9 Å². The average molecular weight is 424 g/mol. The Bertz CT molecular complexity index is 1100. The van der Waals surface area contributed by atoms with E-state index in [2.05, 4.69) is 20.2 Å². The van der Waals surface area contributed by atoms with Crippen LogP contribution in [0.5, 0.6) is 11.5 Å². The number of carboxylic acids is 1. The number of nitrogens with one attached hydrogen (secondary N) is 1. The Hall–Kier alpha value is -3.59. The van der Waals surface area contributed by atoms with Gasteiger partial charge >= 0.3 is 5.97 Å². The zero-order valence-electron chi connectivity index (χ0n) is 17.4. The van der Waals surface area contributed by atoms with Crippen molar-refractivity contribution in [3.05, 3.63) is 47.8 Å². The monoisotopic (exact) mass is 424 g/mol. The molecule has 0 amide bonds. The number of fused-ring (bicyclic) bond motifs is 1. The van der Waals surface area contributed by atoms with Crippen molar-refractivity contribution < 1.29 is 24.1 Å². The molecule has 31 heavy (non-hydrogen) atoms. The van der Waals surface area contributed by atoms with Crippen molar-refractivity contribution in [1.82, 2.24) is 9.97 Å². The molecule has 9 nitrogen and oxygen atoms in total. The quantitative estimate of drug-likeness (QED) is 0.592. The van der Waals surface area contributed by atoms with Crippen LogP contribution < -0.4 is 19.7 Å². The van der Waals surface area contributed by atoms with Crippen molar-refractivity contribution in [2.24, 2.45) is 0 Å². The minimum absolute atomic E-state index is 0.145. The number of carbonyl (C=O) groups is 1. The first-order valence-electron chi connectivity index (χ1n) is 9.90. The Morgan fingerprint density at radius 3 is 2.68 bits per heavy atom. The zero-order chi connectivity index (χ0) is 21.8. The summed E-state index contributed by atoms with van der Waals surface area (Å²) in [7, 11) is 3.21. The maximum atomic E-state index is 11.9. The first-order chi connectivity index (χ1) is 15.1. The number of hydrogen-bond donors (Lipinski definition) is 2. The second-order valence-corrected chi connectivity index (χ2v) is 7.05. The van der Waals surface area contributed by atoms with Crippen molar-refractivity contribution in [2.75, 3.05) is 50.7 Å². The summed E-state index contributed by atoms with van der Waals surface area (Å²) in [5.74, 6) is 0.918. The summed E-state index contributed by atoms with van der Waals surface area (Å²) in [4.78, 5) is 22.7. The number of aromatic nitrogens is 2. The number of morpholine rings is 1. The van der Waals surface area contributed by atoms with Crippen molar-refractivity contribution >= 4 is 28.4 Å². The number of benzene rings is 2. The van der Waals surface area contributed by atoms with Crippen molar-refractivity contribution in [3.8, 4) is 11.5 Å². The molecule has 1 saturated heterocycles. The standard InChI is InChI=1S/C22H24N4O5/c1-29-16-4-3-14(19(11-16)30-2)12-23-21-17-9-15(26-5-7-31-8-6-26)10-18(22(27)28)20(17)24-13-25-21/h3-4,9-11,13H,5-8,12H2,1-2H3,(H,27,28)(H,23,24,25). The summed E-state index contributed by atoms with van der Waals surface area (Å²) in [5, 5.41) is 13.7. The molecule has 1 aliphatic heterocycles. The van der Waals surface area contributed by atoms with Gasteiger partial charge in [0.05, 0.1) is 38.5 Å². The Morgan fingerprint density at radius 1 is 1.16 bits per heavy atom. The molecular formula is C22H24N4O5. The molecule has 0 atom stereocenters. The van der Waals surface area contributed by atoms with E-state index in [0.717, 1.165) is 11.3 Å². The van der Waals surface area contributed by atoms with Gasteiger partial charge in [-0.25, -0.2) is 14.8 Å². The van der Waals surface area contributed by atoms with Gasteiger partial charge in [0.15, 0.2) is 0 Å². The molecule has 0 bridgehead atoms. The Morgan fingerprint density at radius 2 is 1.97 bits per heavy atom. The fourth-order valence-corrected chi connectivity index (χ4v) is 3.64. The summed E-state index contributed by atoms with van der Waals surface area (Å²) in [6, 6.07) is 9.18. The molecule has 162 valence electrons. The summed E-state index contributed by atoms with van der Waals surface area (Å²) >= 11 is 0. The number of aromatic carboxylic acids is 1. The summed E-state index contributed by atoms with van der Waals surface area (Å²) in [6.07, 6.45) is 1.37. The van der Waals surface area contributed by atoms with Crippen LogP contribution in [0, 0.1) is 0 Å². The highest BCUT2D eigenvalue weighted by atomic mass is 16.5. The van der Waals surface area contributed by atoms with E-state index >= 15 is 0 Å². The topological polar surface area (TPSA) is 106 Å². The predicted molar refractivity (Wildman–Crippen MR) is 116 cm³/mol. The predicted octanol–water partition coefficient (Wildman–Crippen LogP) is 2.79. The molecule has 9 heteroatoms. The van der Waals surface area contributed by atoms with Gasteiger partial charge < -0.3 is 29.5 Å². The number of anilines is 2. The van der Waals surface area contributed by atoms with Gasteiger partial charge in [-0.2, -0.15) is 0 Å². The van der Waals surface area contributed by atoms with Gasteiger partial charge in [0, 0.05) is 42.3 Å². The van der Waals surface area contributed by atoms with Crippen LogP contribution in [0.1, 0.15) is 15.9 Å². The van der Waals surface area contributed by atoms with Crippen molar-refractivity contribution in [2.45, 2.75) is 6.54 Å². The lowest BCUT2D eigenvalue weighted by atomic mass is 10.1. The van der Waals surface area contributed by atoms with Crippen LogP contribution in [0.15, 0.2) is 36.7 Å². The number of rotatable bonds is 7. The van der Waals surface area contributed by atoms with E-state index in [1.807, 2.05) is 24.3 Å². The van der Waals surface area contributed by atoms with E-state index in [-0.39, 0.29) is 5.56 Å². The fraction of sp³-hybridized carbons (Fsp3) is 0.318. The highest BCUT2D eigenvalue weighted by Gasteiger charge is 2.19. The number of methoxy groups -OCH3 is 2. The van der Waals surface area contributed by atoms with Gasteiger partial charge in [-0.15, -0.1) is 0 Å². The minimum atomic E-state index is -1.03. The molecule has 0 saturated carbocycles. The van der Waals surface area contributed by atoms with Gasteiger partial charge in [0.1, 0.15) is 23.6 Å². The lowest BCUT2D eigenvalue weighted by Gasteiger charge is -2.29. The summed E-state index contributed by atoms with van der Waals surface area (Å²) in [5.41, 5.74) is 2.26. The SMILES string of the molecule is COc1ccc(CNc2ncnc3c(C(=O)O)cc(N4CCOCC4)cc23)c(OC)c1. The van der Waals surface area contributed by atoms with Gasteiger partial charge in [-0.3, -0.25) is 0 Å². The summed E-state index contributed by atoms with van der Waals surface area (Å²) < 4.78 is 16.1. The third kappa shape index (κ3) is 4.31. The molecule has 1 aromatic heterocycles. The third-order valence-corrected chi connectivity index (χ3v) is 5.27. The molecule has 0 unspecified atom stereocenters. The lowest BCUT2D eigenvalue weighted by molar-refractivity contribution is 0.0699. The number of hydrogen-bond acceptors (Lipinski definition) is 8. The molecule has 0 aliphatic carbocycles. The second kappa shape index (κ2) is 9.05. The molecule has 2 N–H and O–H groups in total. The van der Waals surface area contributed by atoms with Crippen LogP contribution in [-0.2, 0) is 11.3 Å². The van der Waals surface area contributed by atoms with Crippen molar-refractivity contribution in [3.63, 3.8) is 0 Å². The van der Waals surface area contributed by atoms with E-state index in [1.54, 1.807) is 20.3 Å². The maximum absolute atomic E-state index is 11.9. The molecule has 0 spiro atoms. The summed E-state index contributed by atoms with van der Waals surface area (Å²) in [6.45, 7) is 3.04. The Balaban J connectivity index is 1.71. The van der Waals surface area contributed by atoms with Gasteiger partial charge in [0.2, 0.25) is 0 Å². The average Bonchev–Trinajstić information content (AvgIpc) is 2.82. The van der Waals surface area contributed by atoms with Crippen LogP contribution in [0.3, 0.4) is 0 Å². The third-order valence-electron chi connectivity index (χ3n) is 5.27. The zero-order valence-corrected chi connectivity index (χ0v) is 17.4. The van der Waals surface area contributed by atoms with Crippen LogP contribution in [0.2, 0.25) is 0 Å². The Kier molecular flexibility index (Phi) is 6.03. The second-order valence-electron chi connectivity index (χ2n) is 7.05. The fourth-order valence-electron chi connectivity index (χ4n) is 3.64. The molecule has 1 aliphatic rings. The smallest absolute Gasteiger partial charge is 0.337 e. The number of ether oxygens (including phenoxy) is 3. The number of carboxylic acid groups (broad SMARTS) is 1. The van der Waals surface area contributed by atoms with Gasteiger partial charge in [-0.05, 0) is 24.3 Å². The van der Waals surface area contributed by atoms with Gasteiger partial charge in [0.25, 0.3) is 0 Å². The Labute approximate surface area is 179 Å². The van der Waals surface area contributed by atoms with Gasteiger partial charge in [-0.1, -0.05) is 0 Å². The molecule has 1 fully saturated rings. The van der Waals surface area contributed by atoms with Crippen LogP contribution in [0.4, 0.5) is 11.5 Å². The minimum Gasteiger partial charge on any atom is -0.497 e. The molecular weight excluding hydrogens is 400 g/mol. The molecule has 2 heterocycles. The number of nitrogens with zero attached hydrogens (tertiary/aromatic N) is 3. The maximum Gasteiger partial charge on any atom is 0.337 e. The lowest BCUT2D eigenvalue weighted by Crippen LogP contribution is -2.36. The van der Waals surface area contributed by atoms with E-state index < -0.39 is 5.97 Å². The van der Waals surface area contributed by atoms with Crippen LogP contribution in [-0.4, -0.2) is 61.6 Å². The molecule has 4 rings (SSSR count). The van der Waals surface area contributed by atoms with E-state index in [0.29, 0.717) is 61.1 Å². The van der Waals surface area contributed by atoms with E-state index in [4.69, 9.17) is 14.2 Å².